The summed E-state index contributed by atoms with van der Waals surface area (Å²) in [5, 5.41) is 9.58. The fraction of sp³-hybridized carbons (Fsp3) is 0.188. The molecule has 0 bridgehead atoms. The van der Waals surface area contributed by atoms with Gasteiger partial charge in [0.25, 0.3) is 0 Å². The number of nitrogens with zero attached hydrogens (tertiary/aromatic N) is 1. The van der Waals surface area contributed by atoms with E-state index in [1.54, 1.807) is 0 Å². The first-order valence-corrected chi connectivity index (χ1v) is 6.88. The van der Waals surface area contributed by atoms with E-state index in [0.29, 0.717) is 17.7 Å². The van der Waals surface area contributed by atoms with E-state index in [0.717, 1.165) is 6.07 Å². The molecule has 1 N–H and O–H groups in total. The second kappa shape index (κ2) is 5.68. The van der Waals surface area contributed by atoms with Gasteiger partial charge in [0, 0.05) is 11.8 Å². The van der Waals surface area contributed by atoms with Gasteiger partial charge in [0.1, 0.15) is 11.4 Å². The highest BCUT2D eigenvalue weighted by molar-refractivity contribution is 5.91. The van der Waals surface area contributed by atoms with Crippen molar-refractivity contribution >= 4 is 10.9 Å². The molecule has 0 radical (unpaired) electrons. The van der Waals surface area contributed by atoms with Crippen LogP contribution in [0.5, 0.6) is 5.75 Å². The molecule has 3 aromatic rings. The van der Waals surface area contributed by atoms with E-state index in [4.69, 9.17) is 4.42 Å². The molecule has 2 heterocycles. The highest BCUT2D eigenvalue weighted by Crippen LogP contribution is 2.41. The highest BCUT2D eigenvalue weighted by Gasteiger charge is 2.38. The molecular weight excluding hydrogens is 352 g/mol. The number of phenols is 1. The van der Waals surface area contributed by atoms with Crippen molar-refractivity contribution < 1.29 is 35.9 Å². The zero-order valence-corrected chi connectivity index (χ0v) is 12.2. The maximum absolute atomic E-state index is 13.2. The maximum atomic E-state index is 13.2. The monoisotopic (exact) mass is 361 g/mol. The fourth-order valence-corrected chi connectivity index (χ4v) is 2.53. The summed E-state index contributed by atoms with van der Waals surface area (Å²) in [6.07, 6.45) is -7.48. The van der Waals surface area contributed by atoms with Crippen molar-refractivity contribution in [1.82, 2.24) is 4.98 Å². The van der Waals surface area contributed by atoms with Crippen molar-refractivity contribution in [2.75, 3.05) is 0 Å². The van der Waals surface area contributed by atoms with Crippen LogP contribution >= 0.6 is 0 Å². The number of rotatable bonds is 2. The molecule has 0 saturated heterocycles. The molecule has 0 fully saturated rings. The molecule has 132 valence electrons. The third-order valence-electron chi connectivity index (χ3n) is 3.59. The van der Waals surface area contributed by atoms with Crippen molar-refractivity contribution in [3.63, 3.8) is 0 Å². The molecule has 3 rings (SSSR count). The molecule has 0 aliphatic heterocycles. The minimum atomic E-state index is -4.94. The molecular formula is C16H9F6NO2. The number of pyridine rings is 1. The van der Waals surface area contributed by atoms with Crippen LogP contribution in [0.1, 0.15) is 22.4 Å². The largest absolute Gasteiger partial charge is 0.507 e. The van der Waals surface area contributed by atoms with Gasteiger partial charge in [-0.05, 0) is 35.4 Å². The van der Waals surface area contributed by atoms with Crippen LogP contribution in [0.4, 0.5) is 26.3 Å². The number of furan rings is 1. The predicted molar refractivity (Wildman–Crippen MR) is 74.9 cm³/mol. The lowest BCUT2D eigenvalue weighted by atomic mass is 9.98. The Labute approximate surface area is 136 Å². The Morgan fingerprint density at radius 2 is 1.72 bits per heavy atom. The highest BCUT2D eigenvalue weighted by atomic mass is 19.4. The van der Waals surface area contributed by atoms with Crippen molar-refractivity contribution in [1.29, 1.82) is 0 Å². The number of alkyl halides is 6. The Hall–Kier alpha value is -2.71. The summed E-state index contributed by atoms with van der Waals surface area (Å²) < 4.78 is 83.6. The summed E-state index contributed by atoms with van der Waals surface area (Å²) in [6.45, 7) is 0. The average molecular weight is 361 g/mol. The van der Waals surface area contributed by atoms with Crippen LogP contribution in [0.15, 0.2) is 41.2 Å². The first-order valence-electron chi connectivity index (χ1n) is 6.88. The Bertz CT molecular complexity index is 913. The van der Waals surface area contributed by atoms with Crippen LogP contribution in [-0.4, -0.2) is 10.1 Å². The van der Waals surface area contributed by atoms with Gasteiger partial charge in [-0.25, -0.2) is 4.98 Å². The number of aromatic nitrogens is 1. The second-order valence-electron chi connectivity index (χ2n) is 5.33. The van der Waals surface area contributed by atoms with Crippen LogP contribution in [-0.2, 0) is 18.8 Å². The van der Waals surface area contributed by atoms with Gasteiger partial charge in [0.05, 0.1) is 23.6 Å². The summed E-state index contributed by atoms with van der Waals surface area (Å²) >= 11 is 0. The Morgan fingerprint density at radius 1 is 1.00 bits per heavy atom. The van der Waals surface area contributed by atoms with Crippen molar-refractivity contribution in [2.45, 2.75) is 18.8 Å². The van der Waals surface area contributed by atoms with E-state index in [1.165, 1.54) is 18.6 Å². The summed E-state index contributed by atoms with van der Waals surface area (Å²) in [7, 11) is 0. The Morgan fingerprint density at radius 3 is 2.28 bits per heavy atom. The van der Waals surface area contributed by atoms with Gasteiger partial charge in [0.2, 0.25) is 0 Å². The zero-order valence-electron chi connectivity index (χ0n) is 12.2. The summed E-state index contributed by atoms with van der Waals surface area (Å²) in [5.74, 6) is -0.581. The van der Waals surface area contributed by atoms with Crippen LogP contribution in [0.2, 0.25) is 0 Å². The number of fused-ring (bicyclic) bond motifs is 1. The molecule has 0 unspecified atom stereocenters. The third kappa shape index (κ3) is 3.26. The smallest absolute Gasteiger partial charge is 0.433 e. The van der Waals surface area contributed by atoms with Crippen molar-refractivity contribution in [3.05, 3.63) is 59.2 Å². The lowest BCUT2D eigenvalue weighted by molar-refractivity contribution is -0.142. The Kier molecular flexibility index (Phi) is 3.89. The van der Waals surface area contributed by atoms with Gasteiger partial charge in [-0.3, -0.25) is 0 Å². The quantitative estimate of drug-likeness (QED) is 0.641. The van der Waals surface area contributed by atoms with Gasteiger partial charge >= 0.3 is 12.4 Å². The van der Waals surface area contributed by atoms with Gasteiger partial charge in [0.15, 0.2) is 0 Å². The van der Waals surface area contributed by atoms with Crippen LogP contribution < -0.4 is 0 Å². The topological polar surface area (TPSA) is 46.3 Å². The molecule has 0 atom stereocenters. The first kappa shape index (κ1) is 17.1. The molecule has 0 spiro atoms. The predicted octanol–water partition coefficient (Wildman–Crippen LogP) is 5.16. The number of hydrogen-bond donors (Lipinski definition) is 1. The normalized spacial score (nSPS) is 12.7. The van der Waals surface area contributed by atoms with Gasteiger partial charge in [-0.15, -0.1) is 0 Å². The van der Waals surface area contributed by atoms with E-state index in [1.807, 2.05) is 0 Å². The van der Waals surface area contributed by atoms with E-state index in [9.17, 15) is 31.4 Å². The van der Waals surface area contributed by atoms with E-state index >= 15 is 0 Å². The van der Waals surface area contributed by atoms with Crippen LogP contribution in [0.3, 0.4) is 0 Å². The molecule has 0 aliphatic rings. The lowest BCUT2D eigenvalue weighted by Crippen LogP contribution is -2.13. The SMILES string of the molecule is Oc1ccc(C(F)(F)F)c2nc(C(F)(F)F)cc(Cc3ccoc3)c12. The molecule has 2 aromatic heterocycles. The first-order chi connectivity index (χ1) is 11.6. The summed E-state index contributed by atoms with van der Waals surface area (Å²) in [6, 6.07) is 3.39. The molecule has 1 aromatic carbocycles. The fourth-order valence-electron chi connectivity index (χ4n) is 2.53. The minimum absolute atomic E-state index is 0.137. The number of aromatic hydroxyl groups is 1. The van der Waals surface area contributed by atoms with Crippen LogP contribution in [0.25, 0.3) is 10.9 Å². The van der Waals surface area contributed by atoms with Gasteiger partial charge in [-0.2, -0.15) is 26.3 Å². The molecule has 0 saturated carbocycles. The number of benzene rings is 1. The van der Waals surface area contributed by atoms with Gasteiger partial charge < -0.3 is 9.52 Å². The Balaban J connectivity index is 2.36. The lowest BCUT2D eigenvalue weighted by Gasteiger charge is -2.16. The van der Waals surface area contributed by atoms with Crippen molar-refractivity contribution in [3.8, 4) is 5.75 Å². The van der Waals surface area contributed by atoms with E-state index in [2.05, 4.69) is 4.98 Å². The minimum Gasteiger partial charge on any atom is -0.507 e. The van der Waals surface area contributed by atoms with Crippen molar-refractivity contribution in [2.24, 2.45) is 0 Å². The summed E-state index contributed by atoms with van der Waals surface area (Å²) in [4.78, 5) is 3.14. The molecule has 9 heteroatoms. The summed E-state index contributed by atoms with van der Waals surface area (Å²) in [5.41, 5.74) is -3.45. The molecule has 25 heavy (non-hydrogen) atoms. The van der Waals surface area contributed by atoms with Gasteiger partial charge in [-0.1, -0.05) is 0 Å². The third-order valence-corrected chi connectivity index (χ3v) is 3.59. The number of phenolic OH excluding ortho intramolecular Hbond substituents is 1. The van der Waals surface area contributed by atoms with E-state index in [-0.39, 0.29) is 17.4 Å². The maximum Gasteiger partial charge on any atom is 0.433 e. The number of halogens is 6. The molecule has 3 nitrogen and oxygen atoms in total. The zero-order chi connectivity index (χ0) is 18.4. The second-order valence-corrected chi connectivity index (χ2v) is 5.33. The average Bonchev–Trinajstić information content (AvgIpc) is 2.97. The number of hydrogen-bond acceptors (Lipinski definition) is 3. The molecule has 0 amide bonds. The standard InChI is InChI=1S/C16H9F6NO2/c17-15(18,19)10-1-2-11(24)13-9(5-8-3-4-25-7-8)6-12(16(20,21)22)23-14(10)13/h1-4,6-7,24H,5H2. The molecule has 0 aliphatic carbocycles. The van der Waals surface area contributed by atoms with Crippen LogP contribution in [0, 0.1) is 0 Å². The van der Waals surface area contributed by atoms with E-state index < -0.39 is 34.9 Å².